The van der Waals surface area contributed by atoms with Gasteiger partial charge in [-0.15, -0.1) is 0 Å². The minimum atomic E-state index is -4.28. The Morgan fingerprint density at radius 1 is 1.29 bits per heavy atom. The summed E-state index contributed by atoms with van der Waals surface area (Å²) in [7, 11) is 0. The number of carbonyl (C=O) groups excluding carboxylic acids is 3. The largest absolute Gasteiger partial charge is 0.393 e. The van der Waals surface area contributed by atoms with E-state index in [0.29, 0.717) is 0 Å². The molecule has 0 aromatic rings. The van der Waals surface area contributed by atoms with E-state index >= 15 is 0 Å². The molecular formula is C12H16F3N3O3. The van der Waals surface area contributed by atoms with E-state index in [0.717, 1.165) is 4.90 Å². The number of hydrogen-bond acceptors (Lipinski definition) is 4. The Morgan fingerprint density at radius 2 is 1.95 bits per heavy atom. The standard InChI is InChI=1S/C12H16F3N3O3/c1-6-10(20)17-9(19)5-18(6)11(21)8-3-2-7(4-16-8)12(13,14)15/h6-8,16H,2-5H2,1H3,(H,17,19,20). The zero-order valence-electron chi connectivity index (χ0n) is 11.4. The van der Waals surface area contributed by atoms with Crippen LogP contribution in [0.2, 0.25) is 0 Å². The molecule has 9 heteroatoms. The third-order valence-electron chi connectivity index (χ3n) is 3.88. The third-order valence-corrected chi connectivity index (χ3v) is 3.88. The van der Waals surface area contributed by atoms with Gasteiger partial charge in [-0.2, -0.15) is 13.2 Å². The summed E-state index contributed by atoms with van der Waals surface area (Å²) >= 11 is 0. The molecule has 6 nitrogen and oxygen atoms in total. The number of imide groups is 1. The van der Waals surface area contributed by atoms with Crippen molar-refractivity contribution < 1.29 is 27.6 Å². The van der Waals surface area contributed by atoms with Crippen molar-refractivity contribution in [1.29, 1.82) is 0 Å². The predicted molar refractivity (Wildman–Crippen MR) is 64.9 cm³/mol. The number of amides is 3. The van der Waals surface area contributed by atoms with Gasteiger partial charge in [0, 0.05) is 6.54 Å². The van der Waals surface area contributed by atoms with E-state index in [1.54, 1.807) is 0 Å². The zero-order valence-corrected chi connectivity index (χ0v) is 11.4. The Bertz CT molecular complexity index is 458. The molecular weight excluding hydrogens is 291 g/mol. The van der Waals surface area contributed by atoms with Crippen LogP contribution in [0.15, 0.2) is 0 Å². The number of rotatable bonds is 1. The summed E-state index contributed by atoms with van der Waals surface area (Å²) in [6.45, 7) is 0.885. The van der Waals surface area contributed by atoms with Gasteiger partial charge in [0.2, 0.25) is 17.7 Å². The summed E-state index contributed by atoms with van der Waals surface area (Å²) in [5.41, 5.74) is 0. The lowest BCUT2D eigenvalue weighted by molar-refractivity contribution is -0.181. The Morgan fingerprint density at radius 3 is 2.48 bits per heavy atom. The Kier molecular flexibility index (Phi) is 4.22. The van der Waals surface area contributed by atoms with Crippen molar-refractivity contribution in [2.45, 2.75) is 38.0 Å². The van der Waals surface area contributed by atoms with Gasteiger partial charge in [0.1, 0.15) is 12.6 Å². The molecule has 0 radical (unpaired) electrons. The van der Waals surface area contributed by atoms with Gasteiger partial charge >= 0.3 is 6.18 Å². The molecule has 3 amide bonds. The summed E-state index contributed by atoms with van der Waals surface area (Å²) in [6, 6.07) is -1.60. The van der Waals surface area contributed by atoms with Crippen molar-refractivity contribution in [3.63, 3.8) is 0 Å². The molecule has 0 aliphatic carbocycles. The molecule has 3 unspecified atom stereocenters. The summed E-state index contributed by atoms with van der Waals surface area (Å²) in [5, 5.41) is 4.67. The van der Waals surface area contributed by atoms with Gasteiger partial charge in [-0.25, -0.2) is 0 Å². The van der Waals surface area contributed by atoms with E-state index in [1.807, 2.05) is 0 Å². The zero-order chi connectivity index (χ0) is 15.8. The normalized spacial score (nSPS) is 31.0. The van der Waals surface area contributed by atoms with Crippen LogP contribution in [-0.2, 0) is 14.4 Å². The van der Waals surface area contributed by atoms with Crippen LogP contribution < -0.4 is 10.6 Å². The maximum atomic E-state index is 12.6. The second-order valence-electron chi connectivity index (χ2n) is 5.33. The van der Waals surface area contributed by atoms with Gasteiger partial charge in [0.05, 0.1) is 12.0 Å². The van der Waals surface area contributed by atoms with Crippen LogP contribution >= 0.6 is 0 Å². The van der Waals surface area contributed by atoms with Gasteiger partial charge in [-0.1, -0.05) is 0 Å². The first-order valence-electron chi connectivity index (χ1n) is 6.64. The lowest BCUT2D eigenvalue weighted by Gasteiger charge is -2.37. The number of piperazine rings is 1. The fraction of sp³-hybridized carbons (Fsp3) is 0.750. The molecule has 0 aromatic heterocycles. The van der Waals surface area contributed by atoms with Crippen LogP contribution in [0.5, 0.6) is 0 Å². The fourth-order valence-electron chi connectivity index (χ4n) is 2.53. The molecule has 2 heterocycles. The van der Waals surface area contributed by atoms with E-state index < -0.39 is 41.9 Å². The molecule has 0 saturated carbocycles. The van der Waals surface area contributed by atoms with Crippen LogP contribution in [0.4, 0.5) is 13.2 Å². The van der Waals surface area contributed by atoms with Crippen molar-refractivity contribution in [3.8, 4) is 0 Å². The van der Waals surface area contributed by atoms with Gasteiger partial charge in [0.25, 0.3) is 0 Å². The lowest BCUT2D eigenvalue weighted by Crippen LogP contribution is -2.62. The fourth-order valence-corrected chi connectivity index (χ4v) is 2.53. The van der Waals surface area contributed by atoms with Gasteiger partial charge in [0.15, 0.2) is 0 Å². The highest BCUT2D eigenvalue weighted by molar-refractivity contribution is 6.04. The number of alkyl halides is 3. The summed E-state index contributed by atoms with van der Waals surface area (Å²) < 4.78 is 37.7. The van der Waals surface area contributed by atoms with E-state index in [9.17, 15) is 27.6 Å². The van der Waals surface area contributed by atoms with E-state index in [4.69, 9.17) is 0 Å². The van der Waals surface area contributed by atoms with Crippen LogP contribution in [0.1, 0.15) is 19.8 Å². The first-order valence-corrected chi connectivity index (χ1v) is 6.64. The van der Waals surface area contributed by atoms with E-state index in [2.05, 4.69) is 10.6 Å². The number of piperidine rings is 1. The maximum absolute atomic E-state index is 12.6. The molecule has 2 aliphatic heterocycles. The molecule has 2 fully saturated rings. The van der Waals surface area contributed by atoms with Crippen molar-refractivity contribution in [2.75, 3.05) is 13.1 Å². The van der Waals surface area contributed by atoms with E-state index in [1.165, 1.54) is 6.92 Å². The Balaban J connectivity index is 1.98. The van der Waals surface area contributed by atoms with Crippen LogP contribution in [-0.4, -0.2) is 54.0 Å². The van der Waals surface area contributed by atoms with Crippen molar-refractivity contribution in [1.82, 2.24) is 15.5 Å². The minimum absolute atomic E-state index is 0.0298. The van der Waals surface area contributed by atoms with Crippen LogP contribution in [0, 0.1) is 5.92 Å². The second-order valence-corrected chi connectivity index (χ2v) is 5.33. The molecule has 21 heavy (non-hydrogen) atoms. The monoisotopic (exact) mass is 307 g/mol. The van der Waals surface area contributed by atoms with Crippen molar-refractivity contribution in [2.24, 2.45) is 5.92 Å². The van der Waals surface area contributed by atoms with Gasteiger partial charge in [-0.05, 0) is 19.8 Å². The summed E-state index contributed by atoms with van der Waals surface area (Å²) in [4.78, 5) is 36.2. The molecule has 2 saturated heterocycles. The highest BCUT2D eigenvalue weighted by Gasteiger charge is 2.44. The first-order chi connectivity index (χ1) is 9.70. The summed E-state index contributed by atoms with van der Waals surface area (Å²) in [6.07, 6.45) is -4.40. The number of carbonyl (C=O) groups is 3. The minimum Gasteiger partial charge on any atom is -0.320 e. The first kappa shape index (κ1) is 15.7. The average molecular weight is 307 g/mol. The van der Waals surface area contributed by atoms with Crippen LogP contribution in [0.3, 0.4) is 0 Å². The summed E-state index contributed by atoms with van der Waals surface area (Å²) in [5.74, 6) is -3.14. The quantitative estimate of drug-likeness (QED) is 0.657. The number of hydrogen-bond donors (Lipinski definition) is 2. The molecule has 0 spiro atoms. The third kappa shape index (κ3) is 3.34. The Hall–Kier alpha value is -1.64. The molecule has 2 rings (SSSR count). The predicted octanol–water partition coefficient (Wildman–Crippen LogP) is -0.210. The lowest BCUT2D eigenvalue weighted by atomic mass is 9.93. The molecule has 0 bridgehead atoms. The number of halogens is 3. The van der Waals surface area contributed by atoms with Gasteiger partial charge in [-0.3, -0.25) is 19.7 Å². The maximum Gasteiger partial charge on any atom is 0.393 e. The number of nitrogens with zero attached hydrogens (tertiary/aromatic N) is 1. The second kappa shape index (κ2) is 5.63. The Labute approximate surface area is 119 Å². The molecule has 2 N–H and O–H groups in total. The topological polar surface area (TPSA) is 78.5 Å². The number of nitrogens with one attached hydrogen (secondary N) is 2. The highest BCUT2D eigenvalue weighted by atomic mass is 19.4. The molecule has 2 aliphatic rings. The molecule has 118 valence electrons. The van der Waals surface area contributed by atoms with Crippen molar-refractivity contribution in [3.05, 3.63) is 0 Å². The van der Waals surface area contributed by atoms with Crippen LogP contribution in [0.25, 0.3) is 0 Å². The van der Waals surface area contributed by atoms with Crippen molar-refractivity contribution >= 4 is 17.7 Å². The highest BCUT2D eigenvalue weighted by Crippen LogP contribution is 2.32. The van der Waals surface area contributed by atoms with Gasteiger partial charge < -0.3 is 10.2 Å². The van der Waals surface area contributed by atoms with E-state index in [-0.39, 0.29) is 25.9 Å². The average Bonchev–Trinajstić information content (AvgIpc) is 2.41. The smallest absolute Gasteiger partial charge is 0.320 e. The molecule has 0 aromatic carbocycles. The SMILES string of the molecule is CC1C(=O)NC(=O)CN1C(=O)C1CCC(C(F)(F)F)CN1. The molecule has 3 atom stereocenters.